The summed E-state index contributed by atoms with van der Waals surface area (Å²) in [4.78, 5) is 41.3. The van der Waals surface area contributed by atoms with Crippen LogP contribution in [0.2, 0.25) is 0 Å². The van der Waals surface area contributed by atoms with E-state index in [2.05, 4.69) is 27.6 Å². The van der Waals surface area contributed by atoms with Gasteiger partial charge in [0.2, 0.25) is 22.9 Å². The Morgan fingerprint density at radius 1 is 1.13 bits per heavy atom. The second-order valence-corrected chi connectivity index (χ2v) is 8.75. The van der Waals surface area contributed by atoms with E-state index in [4.69, 9.17) is 0 Å². The molecular weight excluding hydrogens is 402 g/mol. The highest BCUT2D eigenvalue weighted by Crippen LogP contribution is 2.40. The third-order valence-electron chi connectivity index (χ3n) is 5.99. The van der Waals surface area contributed by atoms with Gasteiger partial charge in [-0.3, -0.25) is 14.4 Å². The molecule has 2 aromatic rings. The first-order valence-corrected chi connectivity index (χ1v) is 11.1. The molecule has 2 aliphatic heterocycles. The van der Waals surface area contributed by atoms with Crippen molar-refractivity contribution in [3.63, 3.8) is 0 Å². The highest BCUT2D eigenvalue weighted by atomic mass is 32.1. The van der Waals surface area contributed by atoms with Gasteiger partial charge < -0.3 is 15.1 Å². The van der Waals surface area contributed by atoms with E-state index in [1.54, 1.807) is 4.90 Å². The van der Waals surface area contributed by atoms with Crippen LogP contribution in [0, 0.1) is 5.41 Å². The van der Waals surface area contributed by atoms with E-state index in [-0.39, 0.29) is 30.6 Å². The van der Waals surface area contributed by atoms with E-state index in [1.807, 2.05) is 23.1 Å². The maximum Gasteiger partial charge on any atom is 0.230 e. The summed E-state index contributed by atoms with van der Waals surface area (Å²) in [5.74, 6) is -0.157. The Kier molecular flexibility index (Phi) is 6.08. The fraction of sp³-hybridized carbons (Fsp3) is 0.476. The lowest BCUT2D eigenvalue weighted by molar-refractivity contribution is -0.137. The molecule has 2 fully saturated rings. The van der Waals surface area contributed by atoms with Crippen LogP contribution in [0.3, 0.4) is 0 Å². The summed E-state index contributed by atoms with van der Waals surface area (Å²) in [6.45, 7) is 2.50. The molecule has 0 radical (unpaired) electrons. The van der Waals surface area contributed by atoms with Gasteiger partial charge in [0.25, 0.3) is 0 Å². The molecule has 9 heteroatoms. The van der Waals surface area contributed by atoms with E-state index >= 15 is 0 Å². The summed E-state index contributed by atoms with van der Waals surface area (Å²) in [7, 11) is 0. The summed E-state index contributed by atoms with van der Waals surface area (Å²) >= 11 is 1.23. The van der Waals surface area contributed by atoms with E-state index in [9.17, 15) is 14.4 Å². The molecule has 3 heterocycles. The summed E-state index contributed by atoms with van der Waals surface area (Å²) in [5, 5.41) is 10.5. The zero-order valence-electron chi connectivity index (χ0n) is 16.7. The summed E-state index contributed by atoms with van der Waals surface area (Å²) < 4.78 is 0. The van der Waals surface area contributed by atoms with Crippen LogP contribution in [-0.2, 0) is 20.8 Å². The van der Waals surface area contributed by atoms with Crippen LogP contribution < -0.4 is 5.32 Å². The number of amides is 3. The van der Waals surface area contributed by atoms with Crippen LogP contribution >= 0.6 is 11.3 Å². The van der Waals surface area contributed by atoms with Crippen LogP contribution in [0.15, 0.2) is 35.8 Å². The van der Waals surface area contributed by atoms with Crippen molar-refractivity contribution in [3.8, 4) is 0 Å². The molecule has 0 aliphatic carbocycles. The number of hydrogen-bond donors (Lipinski definition) is 1. The molecule has 1 atom stereocenters. The fourth-order valence-corrected chi connectivity index (χ4v) is 4.73. The molecule has 2 saturated heterocycles. The molecule has 158 valence electrons. The van der Waals surface area contributed by atoms with Crippen LogP contribution in [0.1, 0.15) is 31.2 Å². The number of anilines is 1. The van der Waals surface area contributed by atoms with E-state index in [0.29, 0.717) is 31.2 Å². The third-order valence-corrected chi connectivity index (χ3v) is 6.60. The smallest absolute Gasteiger partial charge is 0.230 e. The van der Waals surface area contributed by atoms with Gasteiger partial charge in [-0.2, -0.15) is 0 Å². The molecule has 8 nitrogen and oxygen atoms in total. The maximum atomic E-state index is 13.1. The number of carbonyl (C=O) groups is 3. The molecule has 3 amide bonds. The standard InChI is InChI=1S/C21H25N5O3S/c27-17(23-20-24-22-15-30-20)6-7-18(28)26-13-10-21(14-26)9-12-25(19(21)29)11-8-16-4-2-1-3-5-16/h1-5,15H,6-14H2,(H,23,24,27). The fourth-order valence-electron chi connectivity index (χ4n) is 4.27. The number of hydrogen-bond acceptors (Lipinski definition) is 6. The average Bonchev–Trinajstić information content (AvgIpc) is 3.49. The molecule has 1 N–H and O–H groups in total. The molecule has 0 bridgehead atoms. The predicted molar refractivity (Wildman–Crippen MR) is 113 cm³/mol. The van der Waals surface area contributed by atoms with Crippen LogP contribution in [0.25, 0.3) is 0 Å². The van der Waals surface area contributed by atoms with Crippen molar-refractivity contribution in [2.24, 2.45) is 5.41 Å². The number of aromatic nitrogens is 2. The maximum absolute atomic E-state index is 13.1. The van der Waals surface area contributed by atoms with Gasteiger partial charge in [0, 0.05) is 39.0 Å². The van der Waals surface area contributed by atoms with Crippen molar-refractivity contribution in [1.29, 1.82) is 0 Å². The number of likely N-dealkylation sites (tertiary alicyclic amines) is 2. The van der Waals surface area contributed by atoms with Gasteiger partial charge in [0.05, 0.1) is 5.41 Å². The van der Waals surface area contributed by atoms with Gasteiger partial charge in [0.15, 0.2) is 0 Å². The van der Waals surface area contributed by atoms with Crippen molar-refractivity contribution >= 4 is 34.2 Å². The molecule has 1 spiro atoms. The topological polar surface area (TPSA) is 95.5 Å². The Hall–Kier alpha value is -2.81. The van der Waals surface area contributed by atoms with Gasteiger partial charge in [-0.15, -0.1) is 10.2 Å². The first-order valence-electron chi connectivity index (χ1n) is 10.2. The highest BCUT2D eigenvalue weighted by Gasteiger charge is 2.51. The summed E-state index contributed by atoms with van der Waals surface area (Å²) in [6, 6.07) is 10.2. The lowest BCUT2D eigenvalue weighted by Crippen LogP contribution is -2.39. The monoisotopic (exact) mass is 427 g/mol. The minimum absolute atomic E-state index is 0.0742. The van der Waals surface area contributed by atoms with Crippen molar-refractivity contribution in [2.45, 2.75) is 32.1 Å². The Labute approximate surface area is 179 Å². The predicted octanol–water partition coefficient (Wildman–Crippen LogP) is 1.95. The van der Waals surface area contributed by atoms with Gasteiger partial charge in [-0.05, 0) is 24.8 Å². The van der Waals surface area contributed by atoms with Gasteiger partial charge >= 0.3 is 0 Å². The van der Waals surface area contributed by atoms with E-state index in [0.717, 1.165) is 19.4 Å². The van der Waals surface area contributed by atoms with Gasteiger partial charge in [-0.1, -0.05) is 41.7 Å². The number of nitrogens with zero attached hydrogens (tertiary/aromatic N) is 4. The first-order chi connectivity index (χ1) is 14.6. The van der Waals surface area contributed by atoms with Crippen molar-refractivity contribution in [1.82, 2.24) is 20.0 Å². The lowest BCUT2D eigenvalue weighted by Gasteiger charge is -2.23. The molecule has 4 rings (SSSR count). The second kappa shape index (κ2) is 8.91. The van der Waals surface area contributed by atoms with Crippen LogP contribution in [0.5, 0.6) is 0 Å². The van der Waals surface area contributed by atoms with Gasteiger partial charge in [0.1, 0.15) is 5.51 Å². The summed E-state index contributed by atoms with van der Waals surface area (Å²) in [6.07, 6.45) is 2.57. The van der Waals surface area contributed by atoms with E-state index < -0.39 is 5.41 Å². The first kappa shape index (κ1) is 20.5. The second-order valence-electron chi connectivity index (χ2n) is 7.92. The average molecular weight is 428 g/mol. The Balaban J connectivity index is 1.25. The number of benzene rings is 1. The molecular formula is C21H25N5O3S. The summed E-state index contributed by atoms with van der Waals surface area (Å²) in [5.41, 5.74) is 2.31. The minimum atomic E-state index is -0.443. The Morgan fingerprint density at radius 2 is 1.93 bits per heavy atom. The third kappa shape index (κ3) is 4.51. The number of nitrogens with one attached hydrogen (secondary N) is 1. The Morgan fingerprint density at radius 3 is 2.70 bits per heavy atom. The molecule has 30 heavy (non-hydrogen) atoms. The molecule has 1 unspecified atom stereocenters. The molecule has 1 aromatic heterocycles. The highest BCUT2D eigenvalue weighted by molar-refractivity contribution is 7.13. The normalized spacial score (nSPS) is 20.9. The van der Waals surface area contributed by atoms with Gasteiger partial charge in [-0.25, -0.2) is 0 Å². The van der Waals surface area contributed by atoms with E-state index in [1.165, 1.54) is 22.4 Å². The minimum Gasteiger partial charge on any atom is -0.342 e. The zero-order chi connectivity index (χ0) is 21.0. The van der Waals surface area contributed by atoms with Crippen LogP contribution in [0.4, 0.5) is 5.13 Å². The number of carbonyl (C=O) groups excluding carboxylic acids is 3. The van der Waals surface area contributed by atoms with Crippen molar-refractivity contribution in [2.75, 3.05) is 31.5 Å². The van der Waals surface area contributed by atoms with Crippen molar-refractivity contribution in [3.05, 3.63) is 41.4 Å². The van der Waals surface area contributed by atoms with Crippen LogP contribution in [-0.4, -0.2) is 63.9 Å². The SMILES string of the molecule is O=C(CCC(=O)N1CCC2(CCN(CCc3ccccc3)C2=O)C1)Nc1nncs1. The zero-order valence-corrected chi connectivity index (χ0v) is 17.6. The molecule has 0 saturated carbocycles. The quantitative estimate of drug-likeness (QED) is 0.729. The lowest BCUT2D eigenvalue weighted by atomic mass is 9.85. The van der Waals surface area contributed by atoms with Crippen molar-refractivity contribution < 1.29 is 14.4 Å². The largest absolute Gasteiger partial charge is 0.342 e. The molecule has 2 aliphatic rings. The number of rotatable bonds is 7. The Bertz CT molecular complexity index is 905. The molecule has 1 aromatic carbocycles.